The molecule has 194 valence electrons. The number of Topliss-reactive ketones (excluding diaryl/α,β-unsaturated/α-hetero) is 2. The van der Waals surface area contributed by atoms with Gasteiger partial charge in [-0.2, -0.15) is 0 Å². The van der Waals surface area contributed by atoms with Crippen LogP contribution < -0.4 is 10.6 Å². The molecule has 0 saturated heterocycles. The normalized spacial score (nSPS) is 11.6. The highest BCUT2D eigenvalue weighted by atomic mass is 16.2. The molecule has 6 nitrogen and oxygen atoms in total. The number of ketones is 2. The van der Waals surface area contributed by atoms with Crippen molar-refractivity contribution < 1.29 is 19.2 Å². The molecule has 37 heavy (non-hydrogen) atoms. The molecule has 6 heteroatoms. The number of anilines is 1. The lowest BCUT2D eigenvalue weighted by Gasteiger charge is -2.19. The first-order valence-corrected chi connectivity index (χ1v) is 13.1. The molecule has 0 saturated carbocycles. The molecule has 0 radical (unpaired) electrons. The number of rotatable bonds is 15. The molecule has 0 unspecified atom stereocenters. The first-order chi connectivity index (χ1) is 18.0. The molecule has 2 N–H and O–H groups in total. The number of amides is 2. The van der Waals surface area contributed by atoms with Gasteiger partial charge in [0.15, 0.2) is 5.78 Å². The molecule has 0 aliphatic rings. The second-order valence-corrected chi connectivity index (χ2v) is 9.31. The summed E-state index contributed by atoms with van der Waals surface area (Å²) in [4.78, 5) is 49.7. The third-order valence-corrected chi connectivity index (χ3v) is 6.41. The minimum absolute atomic E-state index is 0.000577. The predicted molar refractivity (Wildman–Crippen MR) is 148 cm³/mol. The highest BCUT2D eigenvalue weighted by Crippen LogP contribution is 2.19. The van der Waals surface area contributed by atoms with Crippen LogP contribution in [0.25, 0.3) is 10.8 Å². The summed E-state index contributed by atoms with van der Waals surface area (Å²) >= 11 is 0. The van der Waals surface area contributed by atoms with Gasteiger partial charge in [-0.05, 0) is 42.2 Å². The quantitative estimate of drug-likeness (QED) is 0.191. The smallest absolute Gasteiger partial charge is 0.246 e. The van der Waals surface area contributed by atoms with Crippen molar-refractivity contribution in [3.63, 3.8) is 0 Å². The number of carbonyl (C=O) groups is 4. The molecular formula is C31H36N2O4. The van der Waals surface area contributed by atoms with Gasteiger partial charge in [-0.3, -0.25) is 19.2 Å². The van der Waals surface area contributed by atoms with Crippen LogP contribution in [0.1, 0.15) is 75.1 Å². The van der Waals surface area contributed by atoms with E-state index in [1.54, 1.807) is 12.1 Å². The van der Waals surface area contributed by atoms with E-state index in [1.165, 1.54) is 0 Å². The molecule has 0 aliphatic carbocycles. The number of benzene rings is 3. The average molecular weight is 501 g/mol. The lowest BCUT2D eigenvalue weighted by atomic mass is 10.0. The van der Waals surface area contributed by atoms with Crippen LogP contribution in [-0.2, 0) is 14.4 Å². The van der Waals surface area contributed by atoms with E-state index < -0.39 is 6.04 Å². The van der Waals surface area contributed by atoms with Crippen LogP contribution in [-0.4, -0.2) is 29.4 Å². The Morgan fingerprint density at radius 2 is 1.46 bits per heavy atom. The van der Waals surface area contributed by atoms with Crippen LogP contribution in [0, 0.1) is 0 Å². The first-order valence-electron chi connectivity index (χ1n) is 13.1. The maximum Gasteiger partial charge on any atom is 0.246 e. The second-order valence-electron chi connectivity index (χ2n) is 9.31. The molecule has 0 heterocycles. The van der Waals surface area contributed by atoms with Gasteiger partial charge in [0.2, 0.25) is 11.8 Å². The van der Waals surface area contributed by atoms with Crippen LogP contribution in [0.4, 0.5) is 5.69 Å². The molecule has 0 fully saturated rings. The Balaban J connectivity index is 1.55. The number of hydrogen-bond donors (Lipinski definition) is 2. The van der Waals surface area contributed by atoms with Crippen molar-refractivity contribution in [1.29, 1.82) is 0 Å². The Morgan fingerprint density at radius 3 is 2.22 bits per heavy atom. The Bertz CT molecular complexity index is 1210. The zero-order valence-corrected chi connectivity index (χ0v) is 21.5. The summed E-state index contributed by atoms with van der Waals surface area (Å²) in [5, 5.41) is 7.91. The van der Waals surface area contributed by atoms with Crippen molar-refractivity contribution in [1.82, 2.24) is 5.32 Å². The fourth-order valence-corrected chi connectivity index (χ4v) is 4.23. The standard InChI is InChI=1S/C31H36N2O4/c1-2-27(34)16-7-4-8-17-28(31(37)32-26-21-20-23-12-9-10-15-25(23)22-26)33-30(36)19-11-18-29(35)24-13-5-3-6-14-24/h3,5-6,9-10,12-15,20-22,28H,2,4,7-8,11,16-19H2,1H3,(H,32,37)(H,33,36)/t28-/m0/s1. The SMILES string of the molecule is CCC(=O)CCCCC[C@H](NC(=O)CCCC(=O)c1ccccc1)C(=O)Nc1ccc2ccccc2c1. The summed E-state index contributed by atoms with van der Waals surface area (Å²) < 4.78 is 0. The van der Waals surface area contributed by atoms with Gasteiger partial charge in [0.25, 0.3) is 0 Å². The first kappa shape index (κ1) is 27.8. The van der Waals surface area contributed by atoms with E-state index in [9.17, 15) is 19.2 Å². The van der Waals surface area contributed by atoms with Crippen LogP contribution in [0.2, 0.25) is 0 Å². The summed E-state index contributed by atoms with van der Waals surface area (Å²) in [5.74, 6) is -0.279. The zero-order valence-electron chi connectivity index (χ0n) is 21.5. The van der Waals surface area contributed by atoms with Gasteiger partial charge < -0.3 is 10.6 Å². The number of nitrogens with one attached hydrogen (secondary N) is 2. The van der Waals surface area contributed by atoms with E-state index in [0.717, 1.165) is 30.0 Å². The molecule has 0 spiro atoms. The van der Waals surface area contributed by atoms with Crippen LogP contribution in [0.5, 0.6) is 0 Å². The van der Waals surface area contributed by atoms with Crippen LogP contribution in [0.15, 0.2) is 72.8 Å². The van der Waals surface area contributed by atoms with E-state index in [1.807, 2.05) is 67.6 Å². The monoisotopic (exact) mass is 500 g/mol. The zero-order chi connectivity index (χ0) is 26.5. The highest BCUT2D eigenvalue weighted by molar-refractivity contribution is 5.99. The molecule has 0 aromatic heterocycles. The molecular weight excluding hydrogens is 464 g/mol. The van der Waals surface area contributed by atoms with Crippen molar-refractivity contribution in [3.8, 4) is 0 Å². The van der Waals surface area contributed by atoms with Crippen LogP contribution >= 0.6 is 0 Å². The second kappa shape index (κ2) is 14.7. The van der Waals surface area contributed by atoms with Crippen molar-refractivity contribution in [2.45, 2.75) is 70.8 Å². The Labute approximate surface area is 218 Å². The minimum Gasteiger partial charge on any atom is -0.344 e. The van der Waals surface area contributed by atoms with Gasteiger partial charge in [-0.1, -0.05) is 80.4 Å². The maximum atomic E-state index is 13.1. The Kier molecular flexibility index (Phi) is 11.0. The average Bonchev–Trinajstić information content (AvgIpc) is 2.92. The van der Waals surface area contributed by atoms with Crippen molar-refractivity contribution >= 4 is 39.8 Å². The number of carbonyl (C=O) groups excluding carboxylic acids is 4. The number of unbranched alkanes of at least 4 members (excludes halogenated alkanes) is 2. The lowest BCUT2D eigenvalue weighted by molar-refractivity contribution is -0.126. The molecule has 3 aromatic rings. The summed E-state index contributed by atoms with van der Waals surface area (Å²) in [6.07, 6.45) is 4.74. The van der Waals surface area contributed by atoms with Crippen molar-refractivity contribution in [2.75, 3.05) is 5.32 Å². The summed E-state index contributed by atoms with van der Waals surface area (Å²) in [5.41, 5.74) is 1.31. The van der Waals surface area contributed by atoms with Gasteiger partial charge >= 0.3 is 0 Å². The lowest BCUT2D eigenvalue weighted by Crippen LogP contribution is -2.43. The molecule has 3 aromatic carbocycles. The fraction of sp³-hybridized carbons (Fsp3) is 0.355. The van der Waals surface area contributed by atoms with E-state index >= 15 is 0 Å². The Hall–Kier alpha value is -3.80. The number of fused-ring (bicyclic) bond motifs is 1. The highest BCUT2D eigenvalue weighted by Gasteiger charge is 2.21. The molecule has 1 atom stereocenters. The van der Waals surface area contributed by atoms with Crippen molar-refractivity contribution in [2.24, 2.45) is 0 Å². The summed E-state index contributed by atoms with van der Waals surface area (Å²) in [7, 11) is 0. The van der Waals surface area contributed by atoms with Gasteiger partial charge in [-0.25, -0.2) is 0 Å². The minimum atomic E-state index is -0.689. The molecule has 3 rings (SSSR count). The summed E-state index contributed by atoms with van der Waals surface area (Å²) in [6.45, 7) is 1.86. The fourth-order valence-electron chi connectivity index (χ4n) is 4.23. The van der Waals surface area contributed by atoms with Gasteiger partial charge in [0.05, 0.1) is 0 Å². The van der Waals surface area contributed by atoms with Crippen LogP contribution in [0.3, 0.4) is 0 Å². The third kappa shape index (κ3) is 9.30. The summed E-state index contributed by atoms with van der Waals surface area (Å²) in [6, 6.07) is 22.0. The van der Waals surface area contributed by atoms with Crippen molar-refractivity contribution in [3.05, 3.63) is 78.4 Å². The topological polar surface area (TPSA) is 92.3 Å². The van der Waals surface area contributed by atoms with E-state index in [-0.39, 0.29) is 36.2 Å². The van der Waals surface area contributed by atoms with E-state index in [0.29, 0.717) is 36.9 Å². The molecule has 0 aliphatic heterocycles. The number of hydrogen-bond acceptors (Lipinski definition) is 4. The van der Waals surface area contributed by atoms with Gasteiger partial charge in [0.1, 0.15) is 11.8 Å². The van der Waals surface area contributed by atoms with Gasteiger partial charge in [-0.15, -0.1) is 0 Å². The van der Waals surface area contributed by atoms with Gasteiger partial charge in [0, 0.05) is 36.9 Å². The molecule has 2 amide bonds. The maximum absolute atomic E-state index is 13.1. The van der Waals surface area contributed by atoms with E-state index in [2.05, 4.69) is 10.6 Å². The largest absolute Gasteiger partial charge is 0.344 e. The predicted octanol–water partition coefficient (Wildman–Crippen LogP) is 6.25. The molecule has 0 bridgehead atoms. The van der Waals surface area contributed by atoms with E-state index in [4.69, 9.17) is 0 Å². The Morgan fingerprint density at radius 1 is 0.730 bits per heavy atom. The third-order valence-electron chi connectivity index (χ3n) is 6.41.